The van der Waals surface area contributed by atoms with Crippen LogP contribution in [-0.2, 0) is 9.53 Å². The predicted molar refractivity (Wildman–Crippen MR) is 127 cm³/mol. The molecule has 1 aromatic heterocycles. The van der Waals surface area contributed by atoms with Crippen LogP contribution in [0.15, 0.2) is 46.0 Å². The van der Waals surface area contributed by atoms with Crippen molar-refractivity contribution >= 4 is 34.7 Å². The predicted octanol–water partition coefficient (Wildman–Crippen LogP) is 3.48. The molecule has 0 spiro atoms. The van der Waals surface area contributed by atoms with Gasteiger partial charge in [0.05, 0.1) is 18.8 Å². The van der Waals surface area contributed by atoms with E-state index in [9.17, 15) is 14.3 Å². The van der Waals surface area contributed by atoms with Gasteiger partial charge in [0.1, 0.15) is 17.9 Å². The van der Waals surface area contributed by atoms with Gasteiger partial charge in [0, 0.05) is 46.9 Å². The number of aliphatic imine (C=N–C) groups is 1. The molecule has 2 atom stereocenters. The maximum atomic E-state index is 13.8. The topological polar surface area (TPSA) is 87.1 Å². The Balaban J connectivity index is 1.60. The van der Waals surface area contributed by atoms with Gasteiger partial charge in [-0.15, -0.1) is 11.3 Å². The molecule has 2 aromatic rings. The standard InChI is InChI=1S/C24H22ClFN4O3S/c25-18-11-15(26)4-6-16(18)21-17(5-3-14-1-2-14)19(28-22(29-21)23-27-7-10-34-23)12-30-8-9-33-13-20(30)24(31)32/h4,6-7,10-11,14,20-21H,1-2,8-9,12-13H2,(H,28,29)(H,31,32)/t20-,21?/m0/s1. The Kier molecular flexibility index (Phi) is 6.66. The Morgan fingerprint density at radius 2 is 2.26 bits per heavy atom. The summed E-state index contributed by atoms with van der Waals surface area (Å²) in [5.41, 5.74) is 2.08. The molecule has 5 rings (SSSR count). The van der Waals surface area contributed by atoms with Crippen LogP contribution in [0.4, 0.5) is 4.39 Å². The van der Waals surface area contributed by atoms with Gasteiger partial charge in [-0.2, -0.15) is 0 Å². The first-order chi connectivity index (χ1) is 16.5. The summed E-state index contributed by atoms with van der Waals surface area (Å²) >= 11 is 7.89. The lowest BCUT2D eigenvalue weighted by Crippen LogP contribution is -2.52. The molecule has 2 aliphatic heterocycles. The highest BCUT2D eigenvalue weighted by Crippen LogP contribution is 2.37. The Morgan fingerprint density at radius 3 is 2.97 bits per heavy atom. The lowest BCUT2D eigenvalue weighted by Gasteiger charge is -2.35. The normalized spacial score (nSPS) is 23.1. The molecule has 176 valence electrons. The lowest BCUT2D eigenvalue weighted by molar-refractivity contribution is -0.149. The molecule has 2 N–H and O–H groups in total. The van der Waals surface area contributed by atoms with Gasteiger partial charge in [0.15, 0.2) is 10.8 Å². The Bertz CT molecular complexity index is 1220. The van der Waals surface area contributed by atoms with Crippen LogP contribution in [0.1, 0.15) is 29.5 Å². The van der Waals surface area contributed by atoms with Crippen molar-refractivity contribution in [1.29, 1.82) is 0 Å². The minimum Gasteiger partial charge on any atom is -0.480 e. The number of hydrogen-bond donors (Lipinski definition) is 2. The molecule has 0 amide bonds. The van der Waals surface area contributed by atoms with Gasteiger partial charge in [-0.25, -0.2) is 9.37 Å². The first-order valence-electron chi connectivity index (χ1n) is 11.0. The lowest BCUT2D eigenvalue weighted by atomic mass is 9.95. The number of aliphatic carboxylic acids is 1. The molecule has 3 aliphatic rings. The largest absolute Gasteiger partial charge is 0.480 e. The molecule has 10 heteroatoms. The van der Waals surface area contributed by atoms with Crippen LogP contribution in [0.3, 0.4) is 0 Å². The molecule has 3 heterocycles. The van der Waals surface area contributed by atoms with Crippen molar-refractivity contribution in [3.63, 3.8) is 0 Å². The Labute approximate surface area is 205 Å². The highest BCUT2D eigenvalue weighted by molar-refractivity contribution is 7.11. The fourth-order valence-electron chi connectivity index (χ4n) is 3.93. The molecular formula is C24H22ClFN4O3S. The summed E-state index contributed by atoms with van der Waals surface area (Å²) in [6.07, 6.45) is 3.81. The van der Waals surface area contributed by atoms with Crippen molar-refractivity contribution in [2.24, 2.45) is 10.9 Å². The second-order valence-electron chi connectivity index (χ2n) is 8.34. The van der Waals surface area contributed by atoms with E-state index in [0.29, 0.717) is 47.6 Å². The average Bonchev–Trinajstić information content (AvgIpc) is 3.48. The number of amidine groups is 1. The quantitative estimate of drug-likeness (QED) is 0.611. The minimum atomic E-state index is -0.936. The third-order valence-electron chi connectivity index (χ3n) is 5.89. The summed E-state index contributed by atoms with van der Waals surface area (Å²) in [4.78, 5) is 23.0. The smallest absolute Gasteiger partial charge is 0.323 e. The summed E-state index contributed by atoms with van der Waals surface area (Å²) in [5.74, 6) is 6.14. The van der Waals surface area contributed by atoms with Gasteiger partial charge in [0.25, 0.3) is 0 Å². The molecule has 1 saturated carbocycles. The monoisotopic (exact) mass is 500 g/mol. The second kappa shape index (κ2) is 9.84. The molecule has 0 bridgehead atoms. The van der Waals surface area contributed by atoms with Crippen molar-refractivity contribution < 1.29 is 19.0 Å². The summed E-state index contributed by atoms with van der Waals surface area (Å²) in [7, 11) is 0. The maximum Gasteiger partial charge on any atom is 0.323 e. The molecule has 7 nitrogen and oxygen atoms in total. The van der Waals surface area contributed by atoms with Crippen LogP contribution < -0.4 is 5.32 Å². The van der Waals surface area contributed by atoms with E-state index in [2.05, 4.69) is 22.1 Å². The number of benzene rings is 1. The van der Waals surface area contributed by atoms with Crippen LogP contribution in [0.2, 0.25) is 5.02 Å². The fraction of sp³-hybridized carbons (Fsp3) is 0.375. The van der Waals surface area contributed by atoms with E-state index in [-0.39, 0.29) is 11.6 Å². The van der Waals surface area contributed by atoms with Crippen LogP contribution in [0.5, 0.6) is 0 Å². The third kappa shape index (κ3) is 5.00. The molecule has 1 saturated heterocycles. The highest BCUT2D eigenvalue weighted by Gasteiger charge is 2.34. The second-order valence-corrected chi connectivity index (χ2v) is 9.65. The molecule has 2 fully saturated rings. The van der Waals surface area contributed by atoms with Crippen molar-refractivity contribution in [3.05, 3.63) is 62.5 Å². The van der Waals surface area contributed by atoms with E-state index in [1.807, 2.05) is 10.3 Å². The van der Waals surface area contributed by atoms with E-state index < -0.39 is 23.9 Å². The van der Waals surface area contributed by atoms with Crippen molar-refractivity contribution in [2.45, 2.75) is 24.9 Å². The molecule has 34 heavy (non-hydrogen) atoms. The molecule has 1 aliphatic carbocycles. The zero-order valence-corrected chi connectivity index (χ0v) is 19.7. The summed E-state index contributed by atoms with van der Waals surface area (Å²) in [6.45, 7) is 1.35. The SMILES string of the molecule is O=C(O)[C@@H]1COCCN1CC1=C(C#CC2CC2)C(c2ccc(F)cc2Cl)N=C(c2nccs2)N1. The zero-order chi connectivity index (χ0) is 23.7. The number of thiazole rings is 1. The van der Waals surface area contributed by atoms with Gasteiger partial charge in [-0.3, -0.25) is 14.7 Å². The van der Waals surface area contributed by atoms with E-state index in [1.165, 1.54) is 23.5 Å². The van der Waals surface area contributed by atoms with Gasteiger partial charge in [0.2, 0.25) is 0 Å². The number of halogens is 2. The number of rotatable bonds is 5. The van der Waals surface area contributed by atoms with Crippen molar-refractivity contribution in [3.8, 4) is 11.8 Å². The van der Waals surface area contributed by atoms with Gasteiger partial charge < -0.3 is 15.2 Å². The van der Waals surface area contributed by atoms with E-state index in [4.69, 9.17) is 21.3 Å². The number of carbonyl (C=O) groups is 1. The summed E-state index contributed by atoms with van der Waals surface area (Å²) in [5, 5.41) is 15.9. The number of hydrogen-bond acceptors (Lipinski definition) is 7. The van der Waals surface area contributed by atoms with E-state index in [0.717, 1.165) is 18.5 Å². The number of nitrogens with zero attached hydrogens (tertiary/aromatic N) is 3. The molecule has 1 aromatic carbocycles. The van der Waals surface area contributed by atoms with E-state index >= 15 is 0 Å². The van der Waals surface area contributed by atoms with Gasteiger partial charge in [-0.05, 0) is 25.0 Å². The Hall–Kier alpha value is -2.77. The van der Waals surface area contributed by atoms with E-state index in [1.54, 1.807) is 12.3 Å². The molecular weight excluding hydrogens is 479 g/mol. The van der Waals surface area contributed by atoms with Gasteiger partial charge in [-0.1, -0.05) is 29.5 Å². The zero-order valence-electron chi connectivity index (χ0n) is 18.1. The van der Waals surface area contributed by atoms with Crippen LogP contribution in [-0.4, -0.2) is 59.1 Å². The number of morpholine rings is 1. The number of carboxylic acids is 1. The van der Waals surface area contributed by atoms with Crippen LogP contribution in [0.25, 0.3) is 0 Å². The Morgan fingerprint density at radius 1 is 1.41 bits per heavy atom. The number of ether oxygens (including phenoxy) is 1. The van der Waals surface area contributed by atoms with Crippen molar-refractivity contribution in [2.75, 3.05) is 26.3 Å². The first kappa shape index (κ1) is 23.0. The highest BCUT2D eigenvalue weighted by atomic mass is 35.5. The fourth-order valence-corrected chi connectivity index (χ4v) is 4.79. The maximum absolute atomic E-state index is 13.8. The molecule has 0 radical (unpaired) electrons. The van der Waals surface area contributed by atoms with Crippen LogP contribution >= 0.6 is 22.9 Å². The van der Waals surface area contributed by atoms with Crippen LogP contribution in [0, 0.1) is 23.6 Å². The minimum absolute atomic E-state index is 0.117. The summed E-state index contributed by atoms with van der Waals surface area (Å²) in [6, 6.07) is 2.91. The molecule has 1 unspecified atom stereocenters. The summed E-state index contributed by atoms with van der Waals surface area (Å²) < 4.78 is 19.2. The number of aromatic nitrogens is 1. The first-order valence-corrected chi connectivity index (χ1v) is 12.2. The number of carboxylic acid groups (broad SMARTS) is 1. The number of nitrogens with one attached hydrogen (secondary N) is 1. The average molecular weight is 501 g/mol. The van der Waals surface area contributed by atoms with Gasteiger partial charge >= 0.3 is 5.97 Å². The van der Waals surface area contributed by atoms with Crippen molar-refractivity contribution in [1.82, 2.24) is 15.2 Å². The third-order valence-corrected chi connectivity index (χ3v) is 7.00.